The van der Waals surface area contributed by atoms with Crippen molar-refractivity contribution in [3.8, 4) is 0 Å². The Kier molecular flexibility index (Phi) is 7.96. The first-order chi connectivity index (χ1) is 13.2. The largest absolute Gasteiger partial charge is 0.355 e. The maximum atomic E-state index is 4.36. The van der Waals surface area contributed by atoms with Gasteiger partial charge >= 0.3 is 0 Å². The maximum absolute atomic E-state index is 4.36. The molecule has 3 rings (SSSR count). The minimum atomic E-state index is 0.717. The molecule has 0 bridgehead atoms. The Hall–Kier alpha value is -1.59. The summed E-state index contributed by atoms with van der Waals surface area (Å²) in [5, 5.41) is 6.89. The molecule has 1 aromatic rings. The molecule has 1 aromatic carbocycles. The normalized spacial score (nSPS) is 22.1. The average Bonchev–Trinajstić information content (AvgIpc) is 3.20. The van der Waals surface area contributed by atoms with E-state index in [-0.39, 0.29) is 0 Å². The average molecular weight is 372 g/mol. The van der Waals surface area contributed by atoms with Crippen LogP contribution in [0.15, 0.2) is 29.3 Å². The highest BCUT2D eigenvalue weighted by molar-refractivity contribution is 5.79. The number of hydrogen-bond donors (Lipinski definition) is 2. The lowest BCUT2D eigenvalue weighted by molar-refractivity contribution is 0.163. The van der Waals surface area contributed by atoms with Crippen LogP contribution in [0.2, 0.25) is 0 Å². The molecular formula is C22H37N5. The van der Waals surface area contributed by atoms with Crippen LogP contribution in [0, 0.1) is 0 Å². The van der Waals surface area contributed by atoms with Gasteiger partial charge in [0.15, 0.2) is 5.96 Å². The third-order valence-electron chi connectivity index (χ3n) is 5.94. The van der Waals surface area contributed by atoms with E-state index in [0.717, 1.165) is 38.2 Å². The maximum Gasteiger partial charge on any atom is 0.191 e. The van der Waals surface area contributed by atoms with E-state index in [9.17, 15) is 0 Å². The Balaban J connectivity index is 1.37. The van der Waals surface area contributed by atoms with Gasteiger partial charge in [-0.25, -0.2) is 0 Å². The number of nitrogens with one attached hydrogen (secondary N) is 2. The Bertz CT molecular complexity index is 577. The van der Waals surface area contributed by atoms with Gasteiger partial charge in [0, 0.05) is 39.3 Å². The number of likely N-dealkylation sites (tertiary alicyclic amines) is 2. The van der Waals surface area contributed by atoms with Crippen molar-refractivity contribution >= 4 is 5.96 Å². The molecule has 2 fully saturated rings. The monoisotopic (exact) mass is 371 g/mol. The number of aliphatic imine (C=N–C) groups is 1. The Morgan fingerprint density at radius 1 is 1.00 bits per heavy atom. The van der Waals surface area contributed by atoms with Crippen molar-refractivity contribution in [2.75, 3.05) is 39.8 Å². The lowest BCUT2D eigenvalue weighted by atomic mass is 10.0. The number of hydrogen-bond acceptors (Lipinski definition) is 3. The van der Waals surface area contributed by atoms with Gasteiger partial charge in [-0.1, -0.05) is 30.7 Å². The minimum absolute atomic E-state index is 0.717. The van der Waals surface area contributed by atoms with Crippen LogP contribution >= 0.6 is 0 Å². The molecule has 2 aliphatic rings. The van der Waals surface area contributed by atoms with E-state index in [1.807, 2.05) is 7.05 Å². The number of guanidine groups is 1. The van der Waals surface area contributed by atoms with Gasteiger partial charge in [-0.05, 0) is 63.4 Å². The fraction of sp³-hybridized carbons (Fsp3) is 0.682. The first-order valence-corrected chi connectivity index (χ1v) is 10.7. The lowest BCUT2D eigenvalue weighted by Crippen LogP contribution is -2.45. The highest BCUT2D eigenvalue weighted by atomic mass is 15.2. The second kappa shape index (κ2) is 10.7. The Morgan fingerprint density at radius 2 is 1.70 bits per heavy atom. The first kappa shape index (κ1) is 20.2. The van der Waals surface area contributed by atoms with Crippen LogP contribution in [0.1, 0.15) is 50.2 Å². The third-order valence-corrected chi connectivity index (χ3v) is 5.94. The van der Waals surface area contributed by atoms with Gasteiger partial charge in [0.05, 0.1) is 0 Å². The SMILES string of the molecule is CN=C(NCCN1CCCCC1C)NCc1ccc(CN2CCCC2)cc1. The van der Waals surface area contributed by atoms with Crippen LogP contribution in [0.25, 0.3) is 0 Å². The summed E-state index contributed by atoms with van der Waals surface area (Å²) in [4.78, 5) is 9.49. The predicted octanol–water partition coefficient (Wildman–Crippen LogP) is 2.82. The summed E-state index contributed by atoms with van der Waals surface area (Å²) < 4.78 is 0. The van der Waals surface area contributed by atoms with E-state index in [4.69, 9.17) is 0 Å². The summed E-state index contributed by atoms with van der Waals surface area (Å²) in [5.74, 6) is 0.890. The second-order valence-corrected chi connectivity index (χ2v) is 8.03. The summed E-state index contributed by atoms with van der Waals surface area (Å²) in [6, 6.07) is 9.73. The van der Waals surface area contributed by atoms with Gasteiger partial charge < -0.3 is 10.6 Å². The van der Waals surface area contributed by atoms with Crippen molar-refractivity contribution in [3.63, 3.8) is 0 Å². The predicted molar refractivity (Wildman–Crippen MR) is 114 cm³/mol. The van der Waals surface area contributed by atoms with Gasteiger partial charge in [0.1, 0.15) is 0 Å². The number of nitrogens with zero attached hydrogens (tertiary/aromatic N) is 3. The van der Waals surface area contributed by atoms with Crippen LogP contribution < -0.4 is 10.6 Å². The molecule has 0 aromatic heterocycles. The molecular weight excluding hydrogens is 334 g/mol. The molecule has 1 atom stereocenters. The van der Waals surface area contributed by atoms with Crippen LogP contribution in [0.3, 0.4) is 0 Å². The molecule has 0 saturated carbocycles. The molecule has 27 heavy (non-hydrogen) atoms. The number of rotatable bonds is 7. The van der Waals surface area contributed by atoms with Crippen molar-refractivity contribution in [1.82, 2.24) is 20.4 Å². The summed E-state index contributed by atoms with van der Waals surface area (Å²) in [7, 11) is 1.85. The molecule has 2 saturated heterocycles. The van der Waals surface area contributed by atoms with E-state index in [1.54, 1.807) is 0 Å². The molecule has 1 unspecified atom stereocenters. The van der Waals surface area contributed by atoms with E-state index >= 15 is 0 Å². The van der Waals surface area contributed by atoms with Gasteiger partial charge in [0.2, 0.25) is 0 Å². The van der Waals surface area contributed by atoms with Crippen molar-refractivity contribution < 1.29 is 0 Å². The summed E-state index contributed by atoms with van der Waals surface area (Å²) in [6.45, 7) is 10.0. The fourth-order valence-electron chi connectivity index (χ4n) is 4.18. The zero-order valence-corrected chi connectivity index (χ0v) is 17.2. The molecule has 0 amide bonds. The second-order valence-electron chi connectivity index (χ2n) is 8.03. The Morgan fingerprint density at radius 3 is 2.41 bits per heavy atom. The van der Waals surface area contributed by atoms with Crippen molar-refractivity contribution in [2.45, 2.75) is 58.2 Å². The highest BCUT2D eigenvalue weighted by Gasteiger charge is 2.17. The third kappa shape index (κ3) is 6.51. The Labute approximate surface area is 165 Å². The van der Waals surface area contributed by atoms with E-state index in [2.05, 4.69) is 56.6 Å². The van der Waals surface area contributed by atoms with E-state index < -0.39 is 0 Å². The van der Waals surface area contributed by atoms with Crippen LogP contribution in [0.4, 0.5) is 0 Å². The van der Waals surface area contributed by atoms with Gasteiger partial charge in [0.25, 0.3) is 0 Å². The van der Waals surface area contributed by atoms with Crippen LogP contribution in [-0.4, -0.2) is 61.6 Å². The molecule has 2 N–H and O–H groups in total. The van der Waals surface area contributed by atoms with Crippen molar-refractivity contribution in [1.29, 1.82) is 0 Å². The van der Waals surface area contributed by atoms with Crippen LogP contribution in [-0.2, 0) is 13.1 Å². The number of benzene rings is 1. The first-order valence-electron chi connectivity index (χ1n) is 10.7. The van der Waals surface area contributed by atoms with Crippen LogP contribution in [0.5, 0.6) is 0 Å². The van der Waals surface area contributed by atoms with Crippen molar-refractivity contribution in [2.24, 2.45) is 4.99 Å². The smallest absolute Gasteiger partial charge is 0.191 e. The van der Waals surface area contributed by atoms with Gasteiger partial charge in [-0.3, -0.25) is 14.8 Å². The molecule has 150 valence electrons. The van der Waals surface area contributed by atoms with Crippen molar-refractivity contribution in [3.05, 3.63) is 35.4 Å². The molecule has 5 heteroatoms. The molecule has 5 nitrogen and oxygen atoms in total. The highest BCUT2D eigenvalue weighted by Crippen LogP contribution is 2.15. The van der Waals surface area contributed by atoms with Gasteiger partial charge in [-0.15, -0.1) is 0 Å². The summed E-state index contributed by atoms with van der Waals surface area (Å²) in [5.41, 5.74) is 2.71. The lowest BCUT2D eigenvalue weighted by Gasteiger charge is -2.33. The molecule has 2 aliphatic heterocycles. The summed E-state index contributed by atoms with van der Waals surface area (Å²) >= 11 is 0. The zero-order chi connectivity index (χ0) is 18.9. The van der Waals surface area contributed by atoms with E-state index in [1.165, 1.54) is 62.9 Å². The minimum Gasteiger partial charge on any atom is -0.355 e. The van der Waals surface area contributed by atoms with Gasteiger partial charge in [-0.2, -0.15) is 0 Å². The molecule has 2 heterocycles. The fourth-order valence-corrected chi connectivity index (χ4v) is 4.18. The topological polar surface area (TPSA) is 42.9 Å². The molecule has 0 spiro atoms. The summed E-state index contributed by atoms with van der Waals surface area (Å²) in [6.07, 6.45) is 6.76. The molecule has 0 aliphatic carbocycles. The quantitative estimate of drug-likeness (QED) is 0.571. The standard InChI is InChI=1S/C22H37N5/c1-19-7-3-4-15-27(19)16-12-24-22(23-2)25-17-20-8-10-21(11-9-20)18-26-13-5-6-14-26/h8-11,19H,3-7,12-18H2,1-2H3,(H2,23,24,25). The molecule has 0 radical (unpaired) electrons. The zero-order valence-electron chi connectivity index (χ0n) is 17.2. The number of piperidine rings is 1. The van der Waals surface area contributed by atoms with E-state index in [0.29, 0.717) is 0 Å².